The lowest BCUT2D eigenvalue weighted by Gasteiger charge is -2.48. The Morgan fingerprint density at radius 1 is 1.33 bits per heavy atom. The van der Waals surface area contributed by atoms with Crippen LogP contribution in [-0.2, 0) is 11.3 Å². The van der Waals surface area contributed by atoms with Crippen LogP contribution in [0.3, 0.4) is 0 Å². The fraction of sp³-hybridized carbons (Fsp3) is 0.600. The third kappa shape index (κ3) is 4.96. The molecule has 2 atom stereocenters. The van der Waals surface area contributed by atoms with Gasteiger partial charge in [-0.2, -0.15) is 4.80 Å². The number of carbonyl (C=O) groups excluding carboxylic acids is 1. The molecular formula is C20H28ClFN6O2. The summed E-state index contributed by atoms with van der Waals surface area (Å²) in [5, 5.41) is 26.2. The second kappa shape index (κ2) is 9.80. The molecule has 2 aromatic rings. The quantitative estimate of drug-likeness (QED) is 0.736. The molecule has 0 bridgehead atoms. The zero-order chi connectivity index (χ0) is 20.3. The molecule has 2 N–H and O–H groups in total. The molecule has 0 unspecified atom stereocenters. The van der Waals surface area contributed by atoms with E-state index in [1.54, 1.807) is 12.1 Å². The first-order chi connectivity index (χ1) is 14.1. The summed E-state index contributed by atoms with van der Waals surface area (Å²) in [5.41, 5.74) is 0.496. The number of tetrazole rings is 1. The van der Waals surface area contributed by atoms with Gasteiger partial charge in [-0.05, 0) is 61.7 Å². The zero-order valence-corrected chi connectivity index (χ0v) is 17.7. The highest BCUT2D eigenvalue weighted by Crippen LogP contribution is 2.36. The van der Waals surface area contributed by atoms with Crippen LogP contribution in [0.2, 0.25) is 0 Å². The summed E-state index contributed by atoms with van der Waals surface area (Å²) in [6, 6.07) is 5.94. The van der Waals surface area contributed by atoms with Crippen LogP contribution in [0.15, 0.2) is 24.3 Å². The predicted molar refractivity (Wildman–Crippen MR) is 111 cm³/mol. The minimum Gasteiger partial charge on any atom is -0.392 e. The van der Waals surface area contributed by atoms with Crippen LogP contribution in [0.25, 0.3) is 11.4 Å². The van der Waals surface area contributed by atoms with Gasteiger partial charge in [-0.1, -0.05) is 0 Å². The Morgan fingerprint density at radius 2 is 2.13 bits per heavy atom. The predicted octanol–water partition coefficient (Wildman–Crippen LogP) is 1.64. The van der Waals surface area contributed by atoms with Gasteiger partial charge in [0.1, 0.15) is 5.82 Å². The molecule has 30 heavy (non-hydrogen) atoms. The topological polar surface area (TPSA) is 96.2 Å². The number of rotatable bonds is 5. The van der Waals surface area contributed by atoms with E-state index in [1.807, 2.05) is 4.90 Å². The first-order valence-corrected chi connectivity index (χ1v) is 10.3. The van der Waals surface area contributed by atoms with Gasteiger partial charge >= 0.3 is 0 Å². The highest BCUT2D eigenvalue weighted by molar-refractivity contribution is 5.85. The largest absolute Gasteiger partial charge is 0.392 e. The fourth-order valence-corrected chi connectivity index (χ4v) is 4.37. The fourth-order valence-electron chi connectivity index (χ4n) is 4.37. The van der Waals surface area contributed by atoms with Crippen molar-refractivity contribution in [1.29, 1.82) is 0 Å². The molecule has 10 heteroatoms. The maximum atomic E-state index is 13.0. The number of nitrogens with zero attached hydrogens (tertiary/aromatic N) is 5. The van der Waals surface area contributed by atoms with E-state index in [9.17, 15) is 14.3 Å². The Hall–Kier alpha value is -2.10. The summed E-state index contributed by atoms with van der Waals surface area (Å²) < 4.78 is 13.0. The number of aromatic nitrogens is 4. The van der Waals surface area contributed by atoms with Gasteiger partial charge in [-0.3, -0.25) is 4.79 Å². The Bertz CT molecular complexity index is 844. The van der Waals surface area contributed by atoms with Gasteiger partial charge in [0.2, 0.25) is 11.7 Å². The molecule has 1 amide bonds. The van der Waals surface area contributed by atoms with Crippen molar-refractivity contribution in [3.8, 4) is 11.4 Å². The molecule has 8 nitrogen and oxygen atoms in total. The molecule has 4 rings (SSSR count). The highest BCUT2D eigenvalue weighted by atomic mass is 35.5. The maximum Gasteiger partial charge on any atom is 0.222 e. The monoisotopic (exact) mass is 438 g/mol. The van der Waals surface area contributed by atoms with Crippen molar-refractivity contribution in [1.82, 2.24) is 30.4 Å². The van der Waals surface area contributed by atoms with Crippen LogP contribution in [0.5, 0.6) is 0 Å². The van der Waals surface area contributed by atoms with Crippen LogP contribution in [0.4, 0.5) is 4.39 Å². The summed E-state index contributed by atoms with van der Waals surface area (Å²) in [6.45, 7) is 3.47. The first-order valence-electron chi connectivity index (χ1n) is 10.3. The SMILES string of the molecule is Cl.O=C(CCCn1nnc(-c2ccc(F)cc2)n1)N1CCC[C@]2(CNCC[C@@H]2O)C1. The minimum absolute atomic E-state index is 0. The molecule has 1 aromatic heterocycles. The molecule has 1 spiro atoms. The molecule has 0 radical (unpaired) electrons. The summed E-state index contributed by atoms with van der Waals surface area (Å²) in [4.78, 5) is 16.1. The van der Waals surface area contributed by atoms with Gasteiger partial charge in [0.25, 0.3) is 0 Å². The molecule has 0 aliphatic carbocycles. The van der Waals surface area contributed by atoms with Crippen LogP contribution >= 0.6 is 12.4 Å². The molecule has 164 valence electrons. The number of nitrogens with one attached hydrogen (secondary N) is 1. The van der Waals surface area contributed by atoms with Crippen molar-refractivity contribution in [2.75, 3.05) is 26.2 Å². The van der Waals surface area contributed by atoms with Gasteiger partial charge in [-0.15, -0.1) is 22.6 Å². The van der Waals surface area contributed by atoms with Crippen LogP contribution in [-0.4, -0.2) is 68.4 Å². The van der Waals surface area contributed by atoms with Gasteiger partial charge in [-0.25, -0.2) is 4.39 Å². The number of aryl methyl sites for hydroxylation is 1. The third-order valence-electron chi connectivity index (χ3n) is 6.04. The van der Waals surface area contributed by atoms with Gasteiger partial charge < -0.3 is 15.3 Å². The number of benzene rings is 1. The number of piperidine rings is 2. The second-order valence-corrected chi connectivity index (χ2v) is 8.08. The molecule has 2 aliphatic heterocycles. The van der Waals surface area contributed by atoms with E-state index >= 15 is 0 Å². The molecule has 3 heterocycles. The smallest absolute Gasteiger partial charge is 0.222 e. The Balaban J connectivity index is 0.00000256. The van der Waals surface area contributed by atoms with Crippen LogP contribution in [0.1, 0.15) is 32.1 Å². The summed E-state index contributed by atoms with van der Waals surface area (Å²) in [6.07, 6.45) is 3.31. The summed E-state index contributed by atoms with van der Waals surface area (Å²) in [7, 11) is 0. The van der Waals surface area contributed by atoms with Gasteiger partial charge in [0.05, 0.1) is 12.6 Å². The van der Waals surface area contributed by atoms with E-state index in [-0.39, 0.29) is 35.7 Å². The number of hydrogen-bond donors (Lipinski definition) is 2. The Labute approximate surface area is 181 Å². The van der Waals surface area contributed by atoms with Crippen molar-refractivity contribution in [2.24, 2.45) is 5.41 Å². The first kappa shape index (κ1) is 22.6. The van der Waals surface area contributed by atoms with E-state index in [0.717, 1.165) is 38.9 Å². The zero-order valence-electron chi connectivity index (χ0n) is 16.8. The Morgan fingerprint density at radius 3 is 2.90 bits per heavy atom. The lowest BCUT2D eigenvalue weighted by atomic mass is 9.72. The van der Waals surface area contributed by atoms with Crippen molar-refractivity contribution >= 4 is 18.3 Å². The number of amides is 1. The van der Waals surface area contributed by atoms with E-state index < -0.39 is 0 Å². The van der Waals surface area contributed by atoms with E-state index in [2.05, 4.69) is 20.7 Å². The molecule has 2 saturated heterocycles. The van der Waals surface area contributed by atoms with E-state index in [1.165, 1.54) is 16.9 Å². The maximum absolute atomic E-state index is 13.0. The average Bonchev–Trinajstić information content (AvgIpc) is 3.20. The Kier molecular flexibility index (Phi) is 7.38. The number of carbonyl (C=O) groups is 1. The number of hydrogen-bond acceptors (Lipinski definition) is 6. The average molecular weight is 439 g/mol. The molecule has 0 saturated carbocycles. The minimum atomic E-state index is -0.344. The highest BCUT2D eigenvalue weighted by Gasteiger charge is 2.43. The van der Waals surface area contributed by atoms with Crippen molar-refractivity contribution in [3.05, 3.63) is 30.1 Å². The van der Waals surface area contributed by atoms with Crippen LogP contribution < -0.4 is 5.32 Å². The van der Waals surface area contributed by atoms with Crippen LogP contribution in [0, 0.1) is 11.2 Å². The third-order valence-corrected chi connectivity index (χ3v) is 6.04. The van der Waals surface area contributed by atoms with Crippen molar-refractivity contribution in [2.45, 2.75) is 44.8 Å². The molecule has 1 aromatic carbocycles. The lowest BCUT2D eigenvalue weighted by Crippen LogP contribution is -2.58. The lowest BCUT2D eigenvalue weighted by molar-refractivity contribution is -0.138. The number of aliphatic hydroxyl groups excluding tert-OH is 1. The molecule has 2 aliphatic rings. The normalized spacial score (nSPS) is 23.9. The van der Waals surface area contributed by atoms with E-state index in [0.29, 0.717) is 37.3 Å². The van der Waals surface area contributed by atoms with Gasteiger partial charge in [0, 0.05) is 37.0 Å². The molecule has 2 fully saturated rings. The van der Waals surface area contributed by atoms with Crippen molar-refractivity contribution in [3.63, 3.8) is 0 Å². The second-order valence-electron chi connectivity index (χ2n) is 8.08. The van der Waals surface area contributed by atoms with Crippen molar-refractivity contribution < 1.29 is 14.3 Å². The molecular weight excluding hydrogens is 411 g/mol. The standard InChI is InChI=1S/C20H27FN6O2.ClH/c21-16-6-4-15(5-7-16)19-23-25-27(24-19)12-1-3-18(29)26-11-2-9-20(14-26)13-22-10-8-17(20)28;/h4-7,17,22,28H,1-3,8-14H2;1H/t17-,20-;/m0./s1. The number of halogens is 2. The van der Waals surface area contributed by atoms with Gasteiger partial charge in [0.15, 0.2) is 0 Å². The summed E-state index contributed by atoms with van der Waals surface area (Å²) >= 11 is 0. The number of aliphatic hydroxyl groups is 1. The summed E-state index contributed by atoms with van der Waals surface area (Å²) in [5.74, 6) is 0.240. The number of likely N-dealkylation sites (tertiary alicyclic amines) is 1. The van der Waals surface area contributed by atoms with E-state index in [4.69, 9.17) is 0 Å².